The molecule has 0 aliphatic carbocycles. The van der Waals surface area contributed by atoms with Crippen LogP contribution in [0.5, 0.6) is 0 Å². The molecule has 3 rings (SSSR count). The van der Waals surface area contributed by atoms with Gasteiger partial charge in [-0.05, 0) is 63.5 Å². The van der Waals surface area contributed by atoms with Gasteiger partial charge < -0.3 is 5.32 Å². The van der Waals surface area contributed by atoms with Crippen LogP contribution < -0.4 is 5.32 Å². The smallest absolute Gasteiger partial charge is 0.0544 e. The fourth-order valence-electron chi connectivity index (χ4n) is 3.15. The molecule has 2 aromatic heterocycles. The second-order valence-electron chi connectivity index (χ2n) is 6.07. The van der Waals surface area contributed by atoms with Crippen LogP contribution in [0.4, 0.5) is 0 Å². The SMILES string of the molecule is Cc1ccc(CN(Cc2ccccn2)C2CCCNCC2)s1. The first-order chi connectivity index (χ1) is 10.8. The Hall–Kier alpha value is -1.23. The first-order valence-corrected chi connectivity index (χ1v) is 9.03. The number of nitrogens with zero attached hydrogens (tertiary/aromatic N) is 2. The summed E-state index contributed by atoms with van der Waals surface area (Å²) in [6.07, 6.45) is 5.69. The number of hydrogen-bond acceptors (Lipinski definition) is 4. The zero-order chi connectivity index (χ0) is 15.2. The monoisotopic (exact) mass is 315 g/mol. The number of thiophene rings is 1. The van der Waals surface area contributed by atoms with E-state index in [1.165, 1.54) is 34.7 Å². The van der Waals surface area contributed by atoms with Gasteiger partial charge in [-0.3, -0.25) is 9.88 Å². The zero-order valence-corrected chi connectivity index (χ0v) is 14.1. The van der Waals surface area contributed by atoms with Crippen molar-refractivity contribution in [1.82, 2.24) is 15.2 Å². The molecule has 0 saturated carbocycles. The minimum Gasteiger partial charge on any atom is -0.317 e. The topological polar surface area (TPSA) is 28.2 Å². The Balaban J connectivity index is 1.74. The molecule has 0 aromatic carbocycles. The van der Waals surface area contributed by atoms with E-state index in [4.69, 9.17) is 0 Å². The van der Waals surface area contributed by atoms with Crippen molar-refractivity contribution in [2.45, 2.75) is 45.3 Å². The molecule has 0 bridgehead atoms. The molecular weight excluding hydrogens is 290 g/mol. The largest absolute Gasteiger partial charge is 0.317 e. The molecule has 0 radical (unpaired) electrons. The van der Waals surface area contributed by atoms with E-state index in [-0.39, 0.29) is 0 Å². The van der Waals surface area contributed by atoms with E-state index in [1.54, 1.807) is 0 Å². The number of rotatable bonds is 5. The lowest BCUT2D eigenvalue weighted by Gasteiger charge is -2.30. The fourth-order valence-corrected chi connectivity index (χ4v) is 4.07. The van der Waals surface area contributed by atoms with Crippen molar-refractivity contribution >= 4 is 11.3 Å². The van der Waals surface area contributed by atoms with Crippen LogP contribution in [0.25, 0.3) is 0 Å². The standard InChI is InChI=1S/C18H25N3S/c1-15-7-8-18(22-15)14-21(13-16-5-2-3-11-20-16)17-6-4-10-19-12-9-17/h2-3,5,7-8,11,17,19H,4,6,9-10,12-14H2,1H3. The van der Waals surface area contributed by atoms with E-state index < -0.39 is 0 Å². The lowest BCUT2D eigenvalue weighted by Crippen LogP contribution is -2.35. The van der Waals surface area contributed by atoms with Crippen molar-refractivity contribution in [1.29, 1.82) is 0 Å². The van der Waals surface area contributed by atoms with Gasteiger partial charge in [-0.1, -0.05) is 6.07 Å². The average Bonchev–Trinajstić information content (AvgIpc) is 2.78. The third-order valence-corrected chi connectivity index (χ3v) is 5.29. The van der Waals surface area contributed by atoms with Crippen LogP contribution in [-0.2, 0) is 13.1 Å². The summed E-state index contributed by atoms with van der Waals surface area (Å²) in [6, 6.07) is 11.4. The third-order valence-electron chi connectivity index (χ3n) is 4.31. The Morgan fingerprint density at radius 3 is 2.91 bits per heavy atom. The van der Waals surface area contributed by atoms with Gasteiger partial charge >= 0.3 is 0 Å². The van der Waals surface area contributed by atoms with Crippen LogP contribution >= 0.6 is 11.3 Å². The van der Waals surface area contributed by atoms with Crippen molar-refractivity contribution in [3.63, 3.8) is 0 Å². The maximum Gasteiger partial charge on any atom is 0.0544 e. The van der Waals surface area contributed by atoms with E-state index in [9.17, 15) is 0 Å². The van der Waals surface area contributed by atoms with Crippen LogP contribution in [-0.4, -0.2) is 29.0 Å². The van der Waals surface area contributed by atoms with Gasteiger partial charge in [0.1, 0.15) is 0 Å². The van der Waals surface area contributed by atoms with Crippen molar-refractivity contribution < 1.29 is 0 Å². The zero-order valence-electron chi connectivity index (χ0n) is 13.3. The molecule has 3 nitrogen and oxygen atoms in total. The Kier molecular flexibility index (Phi) is 5.59. The van der Waals surface area contributed by atoms with Gasteiger partial charge in [0.2, 0.25) is 0 Å². The van der Waals surface area contributed by atoms with Gasteiger partial charge in [0.15, 0.2) is 0 Å². The molecular formula is C18H25N3S. The maximum atomic E-state index is 4.53. The molecule has 1 aliphatic heterocycles. The normalized spacial score (nSPS) is 19.3. The number of aromatic nitrogens is 1. The summed E-state index contributed by atoms with van der Waals surface area (Å²) in [5.74, 6) is 0. The van der Waals surface area contributed by atoms with E-state index in [1.807, 2.05) is 23.6 Å². The lowest BCUT2D eigenvalue weighted by molar-refractivity contribution is 0.164. The summed E-state index contributed by atoms with van der Waals surface area (Å²) in [7, 11) is 0. The molecule has 1 saturated heterocycles. The van der Waals surface area contributed by atoms with E-state index in [0.29, 0.717) is 6.04 Å². The van der Waals surface area contributed by atoms with Crippen LogP contribution in [0.2, 0.25) is 0 Å². The van der Waals surface area contributed by atoms with Crippen LogP contribution in [0, 0.1) is 6.92 Å². The molecule has 1 fully saturated rings. The minimum absolute atomic E-state index is 0.652. The summed E-state index contributed by atoms with van der Waals surface area (Å²) in [6.45, 7) is 6.47. The van der Waals surface area contributed by atoms with Crippen molar-refractivity contribution in [2.75, 3.05) is 13.1 Å². The fraction of sp³-hybridized carbons (Fsp3) is 0.500. The third kappa shape index (κ3) is 4.38. The quantitative estimate of drug-likeness (QED) is 0.914. The number of aryl methyl sites for hydroxylation is 1. The highest BCUT2D eigenvalue weighted by molar-refractivity contribution is 7.11. The highest BCUT2D eigenvalue weighted by Crippen LogP contribution is 2.23. The molecule has 1 N–H and O–H groups in total. The maximum absolute atomic E-state index is 4.53. The highest BCUT2D eigenvalue weighted by atomic mass is 32.1. The average molecular weight is 315 g/mol. The molecule has 0 spiro atoms. The molecule has 22 heavy (non-hydrogen) atoms. The Labute approximate surface area is 137 Å². The van der Waals surface area contributed by atoms with E-state index >= 15 is 0 Å². The molecule has 118 valence electrons. The predicted octanol–water partition coefficient (Wildman–Crippen LogP) is 3.60. The number of hydrogen-bond donors (Lipinski definition) is 1. The minimum atomic E-state index is 0.652. The molecule has 1 unspecified atom stereocenters. The molecule has 3 heterocycles. The predicted molar refractivity (Wildman–Crippen MR) is 93.0 cm³/mol. The number of pyridine rings is 1. The Bertz CT molecular complexity index is 559. The van der Waals surface area contributed by atoms with Gasteiger partial charge in [0, 0.05) is 35.1 Å². The molecule has 1 atom stereocenters. The number of nitrogens with one attached hydrogen (secondary N) is 1. The van der Waals surface area contributed by atoms with Crippen molar-refractivity contribution in [3.05, 3.63) is 52.0 Å². The van der Waals surface area contributed by atoms with Gasteiger partial charge in [-0.25, -0.2) is 0 Å². The van der Waals surface area contributed by atoms with Crippen LogP contribution in [0.15, 0.2) is 36.5 Å². The first kappa shape index (κ1) is 15.7. The van der Waals surface area contributed by atoms with Gasteiger partial charge in [-0.2, -0.15) is 0 Å². The van der Waals surface area contributed by atoms with Crippen molar-refractivity contribution in [2.24, 2.45) is 0 Å². The summed E-state index contributed by atoms with van der Waals surface area (Å²) >= 11 is 1.92. The van der Waals surface area contributed by atoms with E-state index in [2.05, 4.69) is 46.4 Å². The second-order valence-corrected chi connectivity index (χ2v) is 7.45. The summed E-state index contributed by atoms with van der Waals surface area (Å²) < 4.78 is 0. The molecule has 4 heteroatoms. The first-order valence-electron chi connectivity index (χ1n) is 8.21. The second kappa shape index (κ2) is 7.86. The van der Waals surface area contributed by atoms with E-state index in [0.717, 1.165) is 26.2 Å². The molecule has 2 aromatic rings. The Morgan fingerprint density at radius 1 is 1.18 bits per heavy atom. The van der Waals surface area contributed by atoms with Crippen LogP contribution in [0.1, 0.15) is 34.7 Å². The Morgan fingerprint density at radius 2 is 2.14 bits per heavy atom. The van der Waals surface area contributed by atoms with Crippen molar-refractivity contribution in [3.8, 4) is 0 Å². The van der Waals surface area contributed by atoms with Gasteiger partial charge in [-0.15, -0.1) is 11.3 Å². The lowest BCUT2D eigenvalue weighted by atomic mass is 10.1. The molecule has 0 amide bonds. The summed E-state index contributed by atoms with van der Waals surface area (Å²) in [4.78, 5) is 10.0. The van der Waals surface area contributed by atoms with Gasteiger partial charge in [0.25, 0.3) is 0 Å². The van der Waals surface area contributed by atoms with Crippen LogP contribution in [0.3, 0.4) is 0 Å². The summed E-state index contributed by atoms with van der Waals surface area (Å²) in [5.41, 5.74) is 1.17. The highest BCUT2D eigenvalue weighted by Gasteiger charge is 2.21. The summed E-state index contributed by atoms with van der Waals surface area (Å²) in [5, 5.41) is 3.52. The van der Waals surface area contributed by atoms with Gasteiger partial charge in [0.05, 0.1) is 5.69 Å². The molecule has 1 aliphatic rings.